The van der Waals surface area contributed by atoms with Crippen molar-refractivity contribution in [3.63, 3.8) is 0 Å². The van der Waals surface area contributed by atoms with Gasteiger partial charge in [0.2, 0.25) is 5.91 Å². The normalized spacial score (nSPS) is 16.8. The molecule has 1 aliphatic rings. The van der Waals surface area contributed by atoms with Gasteiger partial charge in [-0.2, -0.15) is 0 Å². The van der Waals surface area contributed by atoms with E-state index >= 15 is 0 Å². The summed E-state index contributed by atoms with van der Waals surface area (Å²) >= 11 is 0. The Balaban J connectivity index is 1.49. The molecule has 1 saturated carbocycles. The Labute approximate surface area is 167 Å². The molecule has 0 unspecified atom stereocenters. The third kappa shape index (κ3) is 5.66. The zero-order chi connectivity index (χ0) is 19.8. The highest BCUT2D eigenvalue weighted by Crippen LogP contribution is 2.40. The molecule has 0 spiro atoms. The molecular weight excluding hydrogens is 352 g/mol. The average molecular weight is 385 g/mol. The minimum Gasteiger partial charge on any atom is -0.385 e. The van der Waals surface area contributed by atoms with E-state index in [9.17, 15) is 4.79 Å². The zero-order valence-electron chi connectivity index (χ0n) is 16.8. The van der Waals surface area contributed by atoms with Crippen molar-refractivity contribution in [2.75, 3.05) is 20.3 Å². The van der Waals surface area contributed by atoms with Gasteiger partial charge >= 0.3 is 0 Å². The number of hydrogen-bond acceptors (Lipinski definition) is 4. The number of rotatable bonds is 10. The minimum atomic E-state index is -0.582. The Morgan fingerprint density at radius 2 is 2.07 bits per heavy atom. The van der Waals surface area contributed by atoms with Crippen LogP contribution in [-0.4, -0.2) is 41.8 Å². The van der Waals surface area contributed by atoms with Crippen LogP contribution in [0.2, 0.25) is 0 Å². The molecule has 1 aromatic heterocycles. The van der Waals surface area contributed by atoms with E-state index in [0.717, 1.165) is 38.1 Å². The molecule has 3 N–H and O–H groups in total. The first-order chi connectivity index (χ1) is 13.6. The lowest BCUT2D eigenvalue weighted by Gasteiger charge is -2.29. The Morgan fingerprint density at radius 3 is 2.79 bits per heavy atom. The summed E-state index contributed by atoms with van der Waals surface area (Å²) in [5, 5.41) is 3.09. The van der Waals surface area contributed by atoms with Crippen LogP contribution in [0.25, 0.3) is 0 Å². The first kappa shape index (κ1) is 20.6. The fourth-order valence-corrected chi connectivity index (χ4v) is 4.07. The fourth-order valence-electron chi connectivity index (χ4n) is 4.07. The van der Waals surface area contributed by atoms with Crippen LogP contribution in [-0.2, 0) is 22.5 Å². The van der Waals surface area contributed by atoms with E-state index in [2.05, 4.69) is 22.4 Å². The van der Waals surface area contributed by atoms with Crippen molar-refractivity contribution in [1.29, 1.82) is 0 Å². The number of benzene rings is 1. The molecule has 2 aromatic rings. The van der Waals surface area contributed by atoms with Crippen LogP contribution in [0.3, 0.4) is 0 Å². The second kappa shape index (κ2) is 9.85. The topological polar surface area (TPSA) is 82.2 Å². The molecule has 6 nitrogen and oxygen atoms in total. The number of nitrogens with zero attached hydrogens (tertiary/aromatic N) is 2. The Hall–Kier alpha value is -2.18. The lowest BCUT2D eigenvalue weighted by atomic mass is 9.83. The highest BCUT2D eigenvalue weighted by molar-refractivity contribution is 5.81. The maximum Gasteiger partial charge on any atom is 0.237 e. The molecule has 6 heteroatoms. The molecule has 28 heavy (non-hydrogen) atoms. The molecule has 0 bridgehead atoms. The van der Waals surface area contributed by atoms with Crippen molar-refractivity contribution in [2.24, 2.45) is 11.1 Å². The predicted molar refractivity (Wildman–Crippen MR) is 110 cm³/mol. The third-order valence-corrected chi connectivity index (χ3v) is 5.80. The molecule has 1 amide bonds. The van der Waals surface area contributed by atoms with E-state index in [0.29, 0.717) is 13.0 Å². The highest BCUT2D eigenvalue weighted by Gasteiger charge is 2.34. The number of ether oxygens (including phenoxy) is 1. The van der Waals surface area contributed by atoms with E-state index in [-0.39, 0.29) is 11.3 Å². The number of aromatic nitrogens is 2. The van der Waals surface area contributed by atoms with Crippen molar-refractivity contribution < 1.29 is 9.53 Å². The smallest absolute Gasteiger partial charge is 0.237 e. The van der Waals surface area contributed by atoms with Crippen molar-refractivity contribution in [3.8, 4) is 0 Å². The number of hydrogen-bond donors (Lipinski definition) is 2. The number of carbonyl (C=O) groups excluding carboxylic acids is 1. The summed E-state index contributed by atoms with van der Waals surface area (Å²) in [7, 11) is 1.73. The van der Waals surface area contributed by atoms with Gasteiger partial charge in [0.1, 0.15) is 0 Å². The van der Waals surface area contributed by atoms with Gasteiger partial charge < -0.3 is 20.4 Å². The minimum absolute atomic E-state index is 0.0960. The summed E-state index contributed by atoms with van der Waals surface area (Å²) in [4.78, 5) is 16.9. The Bertz CT molecular complexity index is 738. The second-order valence-electron chi connectivity index (χ2n) is 8.00. The molecule has 1 aromatic carbocycles. The van der Waals surface area contributed by atoms with E-state index in [1.165, 1.54) is 18.4 Å². The molecule has 0 aliphatic heterocycles. The number of methoxy groups -OCH3 is 1. The fraction of sp³-hybridized carbons (Fsp3) is 0.545. The zero-order valence-corrected chi connectivity index (χ0v) is 16.8. The van der Waals surface area contributed by atoms with Crippen LogP contribution in [0, 0.1) is 5.41 Å². The number of imidazole rings is 1. The molecule has 0 radical (unpaired) electrons. The first-order valence-electron chi connectivity index (χ1n) is 10.2. The van der Waals surface area contributed by atoms with E-state index in [4.69, 9.17) is 10.5 Å². The van der Waals surface area contributed by atoms with E-state index in [1.807, 2.05) is 29.0 Å². The molecule has 1 fully saturated rings. The number of nitrogens with two attached hydrogens (primary N) is 1. The maximum atomic E-state index is 12.5. The molecule has 1 atom stereocenters. The second-order valence-corrected chi connectivity index (χ2v) is 8.00. The van der Waals surface area contributed by atoms with Gasteiger partial charge in [0, 0.05) is 39.4 Å². The largest absolute Gasteiger partial charge is 0.385 e. The summed E-state index contributed by atoms with van der Waals surface area (Å²) in [6.45, 7) is 2.18. The summed E-state index contributed by atoms with van der Waals surface area (Å²) < 4.78 is 7.28. The monoisotopic (exact) mass is 384 g/mol. The van der Waals surface area contributed by atoms with Crippen molar-refractivity contribution >= 4 is 5.91 Å². The first-order valence-corrected chi connectivity index (χ1v) is 10.2. The predicted octanol–water partition coefficient (Wildman–Crippen LogP) is 2.51. The maximum absolute atomic E-state index is 12.5. The van der Waals surface area contributed by atoms with Crippen molar-refractivity contribution in [2.45, 2.75) is 51.1 Å². The van der Waals surface area contributed by atoms with Crippen molar-refractivity contribution in [1.82, 2.24) is 14.9 Å². The molecule has 1 heterocycles. The van der Waals surface area contributed by atoms with Gasteiger partial charge in [-0.25, -0.2) is 4.98 Å². The van der Waals surface area contributed by atoms with Crippen LogP contribution >= 0.6 is 0 Å². The molecule has 152 valence electrons. The quantitative estimate of drug-likeness (QED) is 0.659. The van der Waals surface area contributed by atoms with Gasteiger partial charge in [0.25, 0.3) is 0 Å². The SMILES string of the molecule is COCCC1(CNC(=O)[C@@H](N)Cc2cn(Cc3ccccc3)cn2)CCCC1. The van der Waals surface area contributed by atoms with E-state index in [1.54, 1.807) is 13.4 Å². The lowest BCUT2D eigenvalue weighted by Crippen LogP contribution is -2.46. The van der Waals surface area contributed by atoms with E-state index < -0.39 is 6.04 Å². The summed E-state index contributed by atoms with van der Waals surface area (Å²) in [5.41, 5.74) is 8.38. The summed E-state index contributed by atoms with van der Waals surface area (Å²) in [6, 6.07) is 9.64. The lowest BCUT2D eigenvalue weighted by molar-refractivity contribution is -0.122. The van der Waals surface area contributed by atoms with Crippen LogP contribution < -0.4 is 11.1 Å². The van der Waals surface area contributed by atoms with Gasteiger partial charge in [-0.15, -0.1) is 0 Å². The molecule has 3 rings (SSSR count). The van der Waals surface area contributed by atoms with Gasteiger partial charge in [-0.1, -0.05) is 43.2 Å². The van der Waals surface area contributed by atoms with Gasteiger partial charge in [-0.3, -0.25) is 4.79 Å². The standard InChI is InChI=1S/C22H32N4O2/c1-28-12-11-22(9-5-6-10-22)16-24-21(27)20(23)13-19-15-26(17-25-19)14-18-7-3-2-4-8-18/h2-4,7-8,15,17,20H,5-6,9-14,16,23H2,1H3,(H,24,27)/t20-/m0/s1. The average Bonchev–Trinajstić information content (AvgIpc) is 3.35. The number of nitrogens with one attached hydrogen (secondary N) is 1. The number of carbonyl (C=O) groups is 1. The van der Waals surface area contributed by atoms with Crippen LogP contribution in [0.4, 0.5) is 0 Å². The van der Waals surface area contributed by atoms with Gasteiger partial charge in [0.15, 0.2) is 0 Å². The van der Waals surface area contributed by atoms with Gasteiger partial charge in [0.05, 0.1) is 18.1 Å². The Morgan fingerprint density at radius 1 is 1.32 bits per heavy atom. The van der Waals surface area contributed by atoms with Gasteiger partial charge in [-0.05, 0) is 30.2 Å². The molecular formula is C22H32N4O2. The van der Waals surface area contributed by atoms with Crippen LogP contribution in [0.1, 0.15) is 43.4 Å². The summed E-state index contributed by atoms with van der Waals surface area (Å²) in [5.74, 6) is -0.0960. The molecule has 0 saturated heterocycles. The van der Waals surface area contributed by atoms with Crippen molar-refractivity contribution in [3.05, 3.63) is 54.1 Å². The Kier molecular flexibility index (Phi) is 7.23. The van der Waals surface area contributed by atoms with Crippen LogP contribution in [0.15, 0.2) is 42.9 Å². The summed E-state index contributed by atoms with van der Waals surface area (Å²) in [6.07, 6.45) is 9.95. The number of amides is 1. The third-order valence-electron chi connectivity index (χ3n) is 5.80. The highest BCUT2D eigenvalue weighted by atomic mass is 16.5. The van der Waals surface area contributed by atoms with Crippen LogP contribution in [0.5, 0.6) is 0 Å². The molecule has 1 aliphatic carbocycles.